The number of benzene rings is 1. The summed E-state index contributed by atoms with van der Waals surface area (Å²) in [7, 11) is 0. The molecule has 138 valence electrons. The molecule has 2 aliphatic rings. The number of anilines is 2. The molecule has 0 radical (unpaired) electrons. The summed E-state index contributed by atoms with van der Waals surface area (Å²) < 4.78 is 0. The summed E-state index contributed by atoms with van der Waals surface area (Å²) in [5.41, 5.74) is 2.79. The topological polar surface area (TPSA) is 61.3 Å². The molecular weight excluding hydrogens is 324 g/mol. The second-order valence-corrected chi connectivity index (χ2v) is 8.32. The molecule has 1 atom stereocenters. The Morgan fingerprint density at radius 1 is 1.23 bits per heavy atom. The van der Waals surface area contributed by atoms with Crippen molar-refractivity contribution in [3.8, 4) is 0 Å². The Kier molecular flexibility index (Phi) is 4.35. The number of nitrogens with one attached hydrogen (secondary N) is 1. The number of hydrogen-bond acceptors (Lipinski definition) is 5. The molecule has 1 aliphatic carbocycles. The van der Waals surface area contributed by atoms with Gasteiger partial charge in [0.15, 0.2) is 0 Å². The summed E-state index contributed by atoms with van der Waals surface area (Å²) in [5, 5.41) is 12.7. The van der Waals surface area contributed by atoms with Gasteiger partial charge in [0.1, 0.15) is 17.5 Å². The zero-order valence-electron chi connectivity index (χ0n) is 15.9. The standard InChI is InChI=1S/C21H28N4O/c1-14(13-26)22-18-10-19(24-20(23-18)15-8-9-15)25-12-17-7-5-4-6-16(17)11-21(25,2)3/h4-7,10,14-15,26H,8-9,11-13H2,1-3H3,(H,22,23,24)/t14-/m1/s1. The summed E-state index contributed by atoms with van der Waals surface area (Å²) in [6.07, 6.45) is 3.34. The van der Waals surface area contributed by atoms with Crippen LogP contribution < -0.4 is 10.2 Å². The Morgan fingerprint density at radius 3 is 2.65 bits per heavy atom. The molecule has 1 aliphatic heterocycles. The van der Waals surface area contributed by atoms with E-state index in [4.69, 9.17) is 9.97 Å². The lowest BCUT2D eigenvalue weighted by atomic mass is 9.85. The lowest BCUT2D eigenvalue weighted by Crippen LogP contribution is -2.49. The molecule has 2 N–H and O–H groups in total. The predicted octanol–water partition coefficient (Wildman–Crippen LogP) is 3.49. The van der Waals surface area contributed by atoms with Gasteiger partial charge >= 0.3 is 0 Å². The Labute approximate surface area is 155 Å². The normalized spacial score (nSPS) is 19.8. The molecule has 0 spiro atoms. The molecule has 1 saturated carbocycles. The number of fused-ring (bicyclic) bond motifs is 1. The molecule has 0 unspecified atom stereocenters. The number of nitrogens with zero attached hydrogens (tertiary/aromatic N) is 3. The van der Waals surface area contributed by atoms with E-state index in [1.807, 2.05) is 13.0 Å². The van der Waals surface area contributed by atoms with Gasteiger partial charge in [0.25, 0.3) is 0 Å². The second-order valence-electron chi connectivity index (χ2n) is 8.32. The smallest absolute Gasteiger partial charge is 0.136 e. The van der Waals surface area contributed by atoms with Crippen LogP contribution in [0.3, 0.4) is 0 Å². The van der Waals surface area contributed by atoms with Gasteiger partial charge in [-0.05, 0) is 51.2 Å². The Bertz CT molecular complexity index is 800. The summed E-state index contributed by atoms with van der Waals surface area (Å²) in [6, 6.07) is 10.7. The first-order valence-corrected chi connectivity index (χ1v) is 9.57. The number of rotatable bonds is 5. The Hall–Kier alpha value is -2.14. The van der Waals surface area contributed by atoms with Crippen LogP contribution in [-0.4, -0.2) is 33.3 Å². The summed E-state index contributed by atoms with van der Waals surface area (Å²) in [5.74, 6) is 3.21. The van der Waals surface area contributed by atoms with Crippen molar-refractivity contribution >= 4 is 11.6 Å². The fourth-order valence-electron chi connectivity index (χ4n) is 3.71. The van der Waals surface area contributed by atoms with Crippen molar-refractivity contribution in [3.05, 3.63) is 47.3 Å². The molecule has 0 amide bonds. The molecule has 4 rings (SSSR count). The highest BCUT2D eigenvalue weighted by atomic mass is 16.3. The third-order valence-corrected chi connectivity index (χ3v) is 5.42. The van der Waals surface area contributed by atoms with Crippen LogP contribution in [0.15, 0.2) is 30.3 Å². The Balaban J connectivity index is 1.71. The van der Waals surface area contributed by atoms with E-state index in [9.17, 15) is 5.11 Å². The van der Waals surface area contributed by atoms with E-state index in [0.29, 0.717) is 5.92 Å². The quantitative estimate of drug-likeness (QED) is 0.862. The van der Waals surface area contributed by atoms with Gasteiger partial charge in [-0.15, -0.1) is 0 Å². The number of aromatic nitrogens is 2. The van der Waals surface area contributed by atoms with Crippen LogP contribution in [0.1, 0.15) is 56.5 Å². The van der Waals surface area contributed by atoms with E-state index in [2.05, 4.69) is 48.3 Å². The van der Waals surface area contributed by atoms with Gasteiger partial charge in [-0.3, -0.25) is 0 Å². The van der Waals surface area contributed by atoms with E-state index in [1.54, 1.807) is 0 Å². The summed E-state index contributed by atoms with van der Waals surface area (Å²) >= 11 is 0. The maximum Gasteiger partial charge on any atom is 0.136 e. The first-order valence-electron chi connectivity index (χ1n) is 9.57. The van der Waals surface area contributed by atoms with Crippen LogP contribution in [0.5, 0.6) is 0 Å². The van der Waals surface area contributed by atoms with Gasteiger partial charge in [0.2, 0.25) is 0 Å². The molecule has 2 heterocycles. The number of aliphatic hydroxyl groups excluding tert-OH is 1. The number of aliphatic hydroxyl groups is 1. The van der Waals surface area contributed by atoms with Gasteiger partial charge < -0.3 is 15.3 Å². The summed E-state index contributed by atoms with van der Waals surface area (Å²) in [4.78, 5) is 12.0. The van der Waals surface area contributed by atoms with E-state index in [1.165, 1.54) is 24.0 Å². The van der Waals surface area contributed by atoms with Crippen molar-refractivity contribution in [1.82, 2.24) is 9.97 Å². The lowest BCUT2D eigenvalue weighted by Gasteiger charge is -2.44. The fourth-order valence-corrected chi connectivity index (χ4v) is 3.71. The molecule has 0 saturated heterocycles. The minimum Gasteiger partial charge on any atom is -0.394 e. The van der Waals surface area contributed by atoms with Gasteiger partial charge in [-0.25, -0.2) is 9.97 Å². The fraction of sp³-hybridized carbons (Fsp3) is 0.524. The van der Waals surface area contributed by atoms with Crippen LogP contribution in [0.2, 0.25) is 0 Å². The molecule has 26 heavy (non-hydrogen) atoms. The largest absolute Gasteiger partial charge is 0.394 e. The number of hydrogen-bond donors (Lipinski definition) is 2. The molecule has 0 bridgehead atoms. The SMILES string of the molecule is C[C@H](CO)Nc1cc(N2Cc3ccccc3CC2(C)C)nc(C2CC2)n1. The monoisotopic (exact) mass is 352 g/mol. The van der Waals surface area contributed by atoms with Crippen molar-refractivity contribution in [2.24, 2.45) is 0 Å². The van der Waals surface area contributed by atoms with Crippen LogP contribution in [-0.2, 0) is 13.0 Å². The maximum absolute atomic E-state index is 9.38. The van der Waals surface area contributed by atoms with Gasteiger partial charge in [0, 0.05) is 30.1 Å². The second kappa shape index (κ2) is 6.54. The highest BCUT2D eigenvalue weighted by Crippen LogP contribution is 2.41. The van der Waals surface area contributed by atoms with Crippen molar-refractivity contribution in [1.29, 1.82) is 0 Å². The van der Waals surface area contributed by atoms with Crippen LogP contribution in [0.25, 0.3) is 0 Å². The predicted molar refractivity (Wildman–Crippen MR) is 105 cm³/mol. The van der Waals surface area contributed by atoms with Crippen LogP contribution in [0, 0.1) is 0 Å². The van der Waals surface area contributed by atoms with Crippen molar-refractivity contribution < 1.29 is 5.11 Å². The minimum absolute atomic E-state index is 0.0105. The van der Waals surface area contributed by atoms with E-state index in [-0.39, 0.29) is 18.2 Å². The zero-order chi connectivity index (χ0) is 18.3. The lowest BCUT2D eigenvalue weighted by molar-refractivity contribution is 0.281. The van der Waals surface area contributed by atoms with Gasteiger partial charge in [-0.1, -0.05) is 24.3 Å². The van der Waals surface area contributed by atoms with Crippen LogP contribution in [0.4, 0.5) is 11.6 Å². The first kappa shape index (κ1) is 17.3. The first-order chi connectivity index (χ1) is 12.5. The molecule has 5 nitrogen and oxygen atoms in total. The van der Waals surface area contributed by atoms with E-state index in [0.717, 1.165) is 30.4 Å². The molecular formula is C21H28N4O. The molecule has 1 fully saturated rings. The molecule has 1 aromatic heterocycles. The highest BCUT2D eigenvalue weighted by molar-refractivity contribution is 5.54. The van der Waals surface area contributed by atoms with Gasteiger partial charge in [0.05, 0.1) is 6.61 Å². The Morgan fingerprint density at radius 2 is 1.96 bits per heavy atom. The average molecular weight is 352 g/mol. The molecule has 5 heteroatoms. The van der Waals surface area contributed by atoms with Gasteiger partial charge in [-0.2, -0.15) is 0 Å². The van der Waals surface area contributed by atoms with Crippen LogP contribution >= 0.6 is 0 Å². The molecule has 2 aromatic rings. The van der Waals surface area contributed by atoms with Crippen molar-refractivity contribution in [2.45, 2.75) is 64.1 Å². The van der Waals surface area contributed by atoms with E-state index < -0.39 is 0 Å². The summed E-state index contributed by atoms with van der Waals surface area (Å²) in [6.45, 7) is 7.47. The van der Waals surface area contributed by atoms with Crippen molar-refractivity contribution in [3.63, 3.8) is 0 Å². The average Bonchev–Trinajstić information content (AvgIpc) is 3.45. The highest BCUT2D eigenvalue weighted by Gasteiger charge is 2.35. The minimum atomic E-state index is -0.0279. The third kappa shape index (κ3) is 3.40. The van der Waals surface area contributed by atoms with E-state index >= 15 is 0 Å². The third-order valence-electron chi connectivity index (χ3n) is 5.42. The van der Waals surface area contributed by atoms with Crippen molar-refractivity contribution in [2.75, 3.05) is 16.8 Å². The molecule has 1 aromatic carbocycles. The maximum atomic E-state index is 9.38. The zero-order valence-corrected chi connectivity index (χ0v) is 15.9.